The molecule has 0 spiro atoms. The fourth-order valence-corrected chi connectivity index (χ4v) is 2.84. The summed E-state index contributed by atoms with van der Waals surface area (Å²) in [7, 11) is 0. The van der Waals surface area contributed by atoms with Gasteiger partial charge >= 0.3 is 0 Å². The van der Waals surface area contributed by atoms with Crippen LogP contribution in [-0.2, 0) is 16.1 Å². The van der Waals surface area contributed by atoms with Crippen LogP contribution in [0, 0.1) is 13.8 Å². The van der Waals surface area contributed by atoms with Crippen molar-refractivity contribution < 1.29 is 9.59 Å². The number of aryl methyl sites for hydroxylation is 2. The predicted octanol–water partition coefficient (Wildman–Crippen LogP) is 2.86. The predicted molar refractivity (Wildman–Crippen MR) is 108 cm³/mol. The van der Waals surface area contributed by atoms with Gasteiger partial charge in [-0.1, -0.05) is 41.4 Å². The first-order chi connectivity index (χ1) is 12.8. The number of nitrogens with one attached hydrogen (secondary N) is 2. The second-order valence-electron chi connectivity index (χ2n) is 6.39. The summed E-state index contributed by atoms with van der Waals surface area (Å²) < 4.78 is 1.70. The minimum absolute atomic E-state index is 0.223. The van der Waals surface area contributed by atoms with Crippen LogP contribution in [0.4, 0.5) is 0 Å². The molecule has 2 N–H and O–H groups in total. The molecule has 2 amide bonds. The molecule has 7 heteroatoms. The highest BCUT2D eigenvalue weighted by molar-refractivity contribution is 6.31. The Morgan fingerprint density at radius 1 is 1.26 bits per heavy atom. The van der Waals surface area contributed by atoms with Gasteiger partial charge in [0.05, 0.1) is 12.2 Å². The number of rotatable bonds is 7. The van der Waals surface area contributed by atoms with E-state index in [1.165, 1.54) is 11.6 Å². The minimum atomic E-state index is -0.608. The Hall–Kier alpha value is -2.60. The Kier molecular flexibility index (Phi) is 7.19. The molecule has 0 aliphatic carbocycles. The number of nitrogens with zero attached hydrogens (tertiary/aromatic N) is 2. The summed E-state index contributed by atoms with van der Waals surface area (Å²) in [4.78, 5) is 23.7. The number of amides is 2. The van der Waals surface area contributed by atoms with E-state index in [0.29, 0.717) is 23.8 Å². The van der Waals surface area contributed by atoms with Gasteiger partial charge in [0.25, 0.3) is 0 Å². The Bertz CT molecular complexity index is 840. The number of likely N-dealkylation sites (N-methyl/N-ethyl adjacent to an activating group) is 1. The van der Waals surface area contributed by atoms with E-state index in [0.717, 1.165) is 11.3 Å². The van der Waals surface area contributed by atoms with Crippen LogP contribution in [0.2, 0.25) is 5.15 Å². The lowest BCUT2D eigenvalue weighted by Gasteiger charge is -2.11. The molecule has 1 atom stereocenters. The molecule has 2 rings (SSSR count). The van der Waals surface area contributed by atoms with Gasteiger partial charge in [-0.05, 0) is 39.3 Å². The van der Waals surface area contributed by atoms with Crippen LogP contribution in [0.5, 0.6) is 0 Å². The standard InChI is InChI=1S/C20H25ClN4O2/c1-5-22-20(27)15(4)23-18(26)11-10-17-14(3)24-25(19(17)21)12-16-8-6-13(2)7-9-16/h6-11,15H,5,12H2,1-4H3,(H,22,27)(H,23,26)/b11-10+/t15-/m1/s1. The number of hydrogen-bond donors (Lipinski definition) is 2. The number of carbonyl (C=O) groups is 2. The normalized spacial score (nSPS) is 12.2. The first-order valence-corrected chi connectivity index (χ1v) is 9.24. The highest BCUT2D eigenvalue weighted by Gasteiger charge is 2.14. The topological polar surface area (TPSA) is 76.0 Å². The fourth-order valence-electron chi connectivity index (χ4n) is 2.54. The molecule has 0 fully saturated rings. The molecule has 0 radical (unpaired) electrons. The SMILES string of the molecule is CCNC(=O)[C@@H](C)NC(=O)/C=C/c1c(C)nn(Cc2ccc(C)cc2)c1Cl. The molecular formula is C20H25ClN4O2. The van der Waals surface area contributed by atoms with Crippen LogP contribution in [0.1, 0.15) is 36.2 Å². The molecule has 1 aromatic heterocycles. The zero-order valence-electron chi connectivity index (χ0n) is 16.0. The molecule has 0 aliphatic heterocycles. The first kappa shape index (κ1) is 20.7. The summed E-state index contributed by atoms with van der Waals surface area (Å²) in [6.07, 6.45) is 2.98. The molecule has 0 bridgehead atoms. The maximum absolute atomic E-state index is 12.0. The second kappa shape index (κ2) is 9.37. The average Bonchev–Trinajstić information content (AvgIpc) is 2.88. The van der Waals surface area contributed by atoms with Crippen LogP contribution >= 0.6 is 11.6 Å². The number of benzene rings is 1. The van der Waals surface area contributed by atoms with E-state index in [-0.39, 0.29) is 11.8 Å². The van der Waals surface area contributed by atoms with E-state index >= 15 is 0 Å². The fraction of sp³-hybridized carbons (Fsp3) is 0.350. The van der Waals surface area contributed by atoms with Crippen LogP contribution in [0.3, 0.4) is 0 Å². The summed E-state index contributed by atoms with van der Waals surface area (Å²) in [5.74, 6) is -0.588. The molecule has 144 valence electrons. The summed E-state index contributed by atoms with van der Waals surface area (Å²) in [6.45, 7) is 8.40. The zero-order chi connectivity index (χ0) is 20.0. The van der Waals surface area contributed by atoms with Gasteiger partial charge in [-0.3, -0.25) is 9.59 Å². The smallest absolute Gasteiger partial charge is 0.244 e. The van der Waals surface area contributed by atoms with Gasteiger partial charge in [-0.25, -0.2) is 4.68 Å². The monoisotopic (exact) mass is 388 g/mol. The number of aromatic nitrogens is 2. The van der Waals surface area contributed by atoms with Crippen LogP contribution in [-0.4, -0.2) is 34.2 Å². The van der Waals surface area contributed by atoms with Crippen molar-refractivity contribution in [2.75, 3.05) is 6.54 Å². The maximum atomic E-state index is 12.0. The molecule has 27 heavy (non-hydrogen) atoms. The highest BCUT2D eigenvalue weighted by Crippen LogP contribution is 2.22. The van der Waals surface area contributed by atoms with E-state index in [1.54, 1.807) is 17.7 Å². The van der Waals surface area contributed by atoms with Crippen molar-refractivity contribution >= 4 is 29.5 Å². The summed E-state index contributed by atoms with van der Waals surface area (Å²) in [6, 6.07) is 7.55. The first-order valence-electron chi connectivity index (χ1n) is 8.86. The van der Waals surface area contributed by atoms with Crippen molar-refractivity contribution in [2.45, 2.75) is 40.3 Å². The molecule has 1 aromatic carbocycles. The van der Waals surface area contributed by atoms with E-state index in [2.05, 4.69) is 15.7 Å². The summed E-state index contributed by atoms with van der Waals surface area (Å²) >= 11 is 6.45. The van der Waals surface area contributed by atoms with Crippen molar-refractivity contribution in [3.63, 3.8) is 0 Å². The van der Waals surface area contributed by atoms with E-state index < -0.39 is 6.04 Å². The average molecular weight is 389 g/mol. The van der Waals surface area contributed by atoms with E-state index in [4.69, 9.17) is 11.6 Å². The zero-order valence-corrected chi connectivity index (χ0v) is 16.8. The quantitative estimate of drug-likeness (QED) is 0.716. The Labute approximate surface area is 164 Å². The second-order valence-corrected chi connectivity index (χ2v) is 6.75. The van der Waals surface area contributed by atoms with Gasteiger partial charge in [-0.2, -0.15) is 5.10 Å². The van der Waals surface area contributed by atoms with Crippen molar-refractivity contribution in [3.8, 4) is 0 Å². The molecule has 1 heterocycles. The lowest BCUT2D eigenvalue weighted by molar-refractivity contribution is -0.126. The lowest BCUT2D eigenvalue weighted by atomic mass is 10.1. The van der Waals surface area contributed by atoms with Crippen molar-refractivity contribution in [3.05, 3.63) is 57.9 Å². The van der Waals surface area contributed by atoms with Gasteiger partial charge in [0.1, 0.15) is 11.2 Å². The van der Waals surface area contributed by atoms with Gasteiger partial charge in [0, 0.05) is 18.2 Å². The molecule has 0 saturated heterocycles. The molecule has 0 saturated carbocycles. The largest absolute Gasteiger partial charge is 0.355 e. The van der Waals surface area contributed by atoms with Crippen LogP contribution < -0.4 is 10.6 Å². The third-order valence-corrected chi connectivity index (χ3v) is 4.47. The van der Waals surface area contributed by atoms with Crippen molar-refractivity contribution in [1.29, 1.82) is 0 Å². The molecule has 6 nitrogen and oxygen atoms in total. The number of halogens is 1. The molecular weight excluding hydrogens is 364 g/mol. The minimum Gasteiger partial charge on any atom is -0.355 e. The lowest BCUT2D eigenvalue weighted by Crippen LogP contribution is -2.44. The van der Waals surface area contributed by atoms with Gasteiger partial charge in [0.2, 0.25) is 11.8 Å². The van der Waals surface area contributed by atoms with Crippen LogP contribution in [0.25, 0.3) is 6.08 Å². The number of hydrogen-bond acceptors (Lipinski definition) is 3. The summed E-state index contributed by atoms with van der Waals surface area (Å²) in [5.41, 5.74) is 3.70. The number of carbonyl (C=O) groups excluding carboxylic acids is 2. The Morgan fingerprint density at radius 2 is 1.93 bits per heavy atom. The van der Waals surface area contributed by atoms with Crippen LogP contribution in [0.15, 0.2) is 30.3 Å². The molecule has 0 unspecified atom stereocenters. The van der Waals surface area contributed by atoms with E-state index in [9.17, 15) is 9.59 Å². The molecule has 2 aromatic rings. The van der Waals surface area contributed by atoms with Crippen molar-refractivity contribution in [2.24, 2.45) is 0 Å². The van der Waals surface area contributed by atoms with E-state index in [1.807, 2.05) is 45.0 Å². The Balaban J connectivity index is 2.07. The Morgan fingerprint density at radius 3 is 2.56 bits per heavy atom. The third-order valence-electron chi connectivity index (χ3n) is 4.07. The highest BCUT2D eigenvalue weighted by atomic mass is 35.5. The summed E-state index contributed by atoms with van der Waals surface area (Å²) in [5, 5.41) is 10.2. The van der Waals surface area contributed by atoms with Gasteiger partial charge < -0.3 is 10.6 Å². The molecule has 0 aliphatic rings. The third kappa shape index (κ3) is 5.69. The van der Waals surface area contributed by atoms with Crippen molar-refractivity contribution in [1.82, 2.24) is 20.4 Å². The van der Waals surface area contributed by atoms with Gasteiger partial charge in [0.15, 0.2) is 0 Å². The maximum Gasteiger partial charge on any atom is 0.244 e. The van der Waals surface area contributed by atoms with Gasteiger partial charge in [-0.15, -0.1) is 0 Å².